The van der Waals surface area contributed by atoms with Crippen LogP contribution in [0.15, 0.2) is 211 Å². The molecule has 15 rings (SSSR count). The standard InChI is InChI=1S/C62H43B2N3O3/c1-62(2,3)44-26-14-13-25-41(44)56-37-53-61(70-56)64-47-34-43-42-33-46-57(68-54-31-17-29-49-59(54)63(46)45-27-15-16-28-48(45)65(49)38-19-7-4-8-20-38)35-51(42)67(40-23-11-6-12-24-40)52(43)36-58(47)69-55-32-18-30-50(60(55)64)66(53)39-21-9-5-10-22-39/h4-37H,1-3H3. The Morgan fingerprint density at radius 2 is 0.900 bits per heavy atom. The highest BCUT2D eigenvalue weighted by atomic mass is 16.5. The van der Waals surface area contributed by atoms with E-state index in [0.29, 0.717) is 0 Å². The van der Waals surface area contributed by atoms with Crippen LogP contribution < -0.4 is 52.2 Å². The molecule has 2 aromatic heterocycles. The molecule has 6 heterocycles. The van der Waals surface area contributed by atoms with Gasteiger partial charge in [0, 0.05) is 74.1 Å². The van der Waals surface area contributed by atoms with Crippen molar-refractivity contribution in [2.45, 2.75) is 26.2 Å². The molecule has 8 heteroatoms. The number of hydrogen-bond acceptors (Lipinski definition) is 5. The topological polar surface area (TPSA) is 43.0 Å². The van der Waals surface area contributed by atoms with Gasteiger partial charge in [-0.1, -0.05) is 142 Å². The number of aromatic nitrogens is 1. The number of anilines is 6. The van der Waals surface area contributed by atoms with Crippen molar-refractivity contribution in [2.24, 2.45) is 0 Å². The van der Waals surface area contributed by atoms with Gasteiger partial charge in [0.2, 0.25) is 0 Å². The maximum atomic E-state index is 7.36. The largest absolute Gasteiger partial charge is 0.468 e. The summed E-state index contributed by atoms with van der Waals surface area (Å²) in [6.45, 7) is 6.51. The Kier molecular flexibility index (Phi) is 8.13. The molecule has 11 aromatic rings. The molecule has 9 aromatic carbocycles. The summed E-state index contributed by atoms with van der Waals surface area (Å²) in [6, 6.07) is 74.0. The monoisotopic (exact) mass is 899 g/mol. The average molecular weight is 900 g/mol. The Morgan fingerprint density at radius 1 is 0.400 bits per heavy atom. The lowest BCUT2D eigenvalue weighted by molar-refractivity contribution is 0.487. The quantitative estimate of drug-likeness (QED) is 0.165. The van der Waals surface area contributed by atoms with Gasteiger partial charge in [-0.05, 0) is 99.6 Å². The maximum Gasteiger partial charge on any atom is 0.301 e. The van der Waals surface area contributed by atoms with Gasteiger partial charge in [-0.3, -0.25) is 0 Å². The second kappa shape index (κ2) is 14.5. The van der Waals surface area contributed by atoms with Gasteiger partial charge in [-0.25, -0.2) is 0 Å². The highest BCUT2D eigenvalue weighted by Crippen LogP contribution is 2.47. The van der Waals surface area contributed by atoms with Gasteiger partial charge in [0.05, 0.1) is 22.4 Å². The van der Waals surface area contributed by atoms with Crippen LogP contribution in [0.25, 0.3) is 38.8 Å². The number of para-hydroxylation sites is 4. The molecule has 6 nitrogen and oxygen atoms in total. The van der Waals surface area contributed by atoms with Crippen LogP contribution in [0, 0.1) is 0 Å². The molecule has 0 unspecified atom stereocenters. The summed E-state index contributed by atoms with van der Waals surface area (Å²) in [5.74, 6) is 4.24. The second-order valence-corrected chi connectivity index (χ2v) is 20.0. The van der Waals surface area contributed by atoms with Crippen LogP contribution in [0.1, 0.15) is 26.3 Å². The summed E-state index contributed by atoms with van der Waals surface area (Å²) in [4.78, 5) is 4.74. The van der Waals surface area contributed by atoms with E-state index in [4.69, 9.17) is 13.9 Å². The highest BCUT2D eigenvalue weighted by molar-refractivity contribution is 7.00. The Balaban J connectivity index is 0.989. The Hall–Kier alpha value is -8.61. The van der Waals surface area contributed by atoms with E-state index < -0.39 is 0 Å². The van der Waals surface area contributed by atoms with Gasteiger partial charge in [-0.2, -0.15) is 0 Å². The molecule has 0 saturated heterocycles. The molecule has 0 spiro atoms. The fourth-order valence-electron chi connectivity index (χ4n) is 12.1. The molecule has 330 valence electrons. The SMILES string of the molecule is CC(C)(C)c1ccccc1-c1cc2c(o1)B1c3cc4c5cc6c(cc5n(-c5ccccc5)c4cc3Oc3cccc(c31)N2c1ccccc1)Oc1cccc2c1B6c1ccccc1N2c1ccccc1. The molecule has 4 aliphatic rings. The smallest absolute Gasteiger partial charge is 0.301 e. The van der Waals surface area contributed by atoms with Crippen molar-refractivity contribution in [2.75, 3.05) is 9.80 Å². The molecule has 0 saturated carbocycles. The summed E-state index contributed by atoms with van der Waals surface area (Å²) in [5.41, 5.74) is 18.6. The van der Waals surface area contributed by atoms with Crippen molar-refractivity contribution in [1.82, 2.24) is 4.57 Å². The van der Waals surface area contributed by atoms with Gasteiger partial charge in [0.15, 0.2) is 0 Å². The van der Waals surface area contributed by atoms with Crippen LogP contribution in [0.5, 0.6) is 23.0 Å². The first-order valence-electron chi connectivity index (χ1n) is 24.2. The molecule has 0 bridgehead atoms. The van der Waals surface area contributed by atoms with E-state index in [0.717, 1.165) is 112 Å². The van der Waals surface area contributed by atoms with Gasteiger partial charge in [0.25, 0.3) is 6.71 Å². The van der Waals surface area contributed by atoms with E-state index in [1.165, 1.54) is 22.2 Å². The lowest BCUT2D eigenvalue weighted by Crippen LogP contribution is -2.59. The summed E-state index contributed by atoms with van der Waals surface area (Å²) in [6.07, 6.45) is 0. The number of rotatable bonds is 4. The van der Waals surface area contributed by atoms with Crippen LogP contribution in [0.4, 0.5) is 34.1 Å². The van der Waals surface area contributed by atoms with Crippen molar-refractivity contribution in [1.29, 1.82) is 0 Å². The maximum absolute atomic E-state index is 7.36. The number of hydrogen-bond donors (Lipinski definition) is 0. The highest BCUT2D eigenvalue weighted by Gasteiger charge is 2.46. The van der Waals surface area contributed by atoms with Crippen LogP contribution in [0.3, 0.4) is 0 Å². The zero-order chi connectivity index (χ0) is 46.4. The van der Waals surface area contributed by atoms with Crippen molar-refractivity contribution >= 4 is 102 Å². The number of nitrogens with zero attached hydrogens (tertiary/aromatic N) is 3. The predicted molar refractivity (Wildman–Crippen MR) is 289 cm³/mol. The van der Waals surface area contributed by atoms with Gasteiger partial charge < -0.3 is 28.3 Å². The summed E-state index contributed by atoms with van der Waals surface area (Å²) in [5, 5.41) is 2.28. The molecular formula is C62H43B2N3O3. The summed E-state index contributed by atoms with van der Waals surface area (Å²) in [7, 11) is 0. The normalized spacial score (nSPS) is 13.8. The van der Waals surface area contributed by atoms with E-state index in [2.05, 4.69) is 241 Å². The van der Waals surface area contributed by atoms with Gasteiger partial charge in [-0.15, -0.1) is 0 Å². The third kappa shape index (κ3) is 5.53. The first-order valence-corrected chi connectivity index (χ1v) is 24.2. The first kappa shape index (κ1) is 39.4. The molecule has 0 amide bonds. The molecule has 70 heavy (non-hydrogen) atoms. The van der Waals surface area contributed by atoms with Crippen molar-refractivity contribution < 1.29 is 13.9 Å². The molecule has 0 atom stereocenters. The lowest BCUT2D eigenvalue weighted by atomic mass is 9.34. The third-order valence-corrected chi connectivity index (χ3v) is 15.0. The Labute approximate surface area is 406 Å². The van der Waals surface area contributed by atoms with Gasteiger partial charge >= 0.3 is 6.71 Å². The zero-order valence-corrected chi connectivity index (χ0v) is 38.9. The summed E-state index contributed by atoms with van der Waals surface area (Å²) >= 11 is 0. The lowest BCUT2D eigenvalue weighted by Gasteiger charge is -2.39. The van der Waals surface area contributed by atoms with E-state index >= 15 is 0 Å². The second-order valence-electron chi connectivity index (χ2n) is 20.0. The van der Waals surface area contributed by atoms with Crippen LogP contribution in [0.2, 0.25) is 0 Å². The van der Waals surface area contributed by atoms with E-state index in [9.17, 15) is 0 Å². The van der Waals surface area contributed by atoms with E-state index in [-0.39, 0.29) is 18.8 Å². The van der Waals surface area contributed by atoms with E-state index in [1.54, 1.807) is 0 Å². The minimum Gasteiger partial charge on any atom is -0.468 e. The van der Waals surface area contributed by atoms with Crippen LogP contribution in [-0.2, 0) is 5.41 Å². The number of furan rings is 1. The Bertz CT molecular complexity index is 3970. The molecule has 0 radical (unpaired) electrons. The summed E-state index contributed by atoms with van der Waals surface area (Å²) < 4.78 is 24.0. The van der Waals surface area contributed by atoms with Crippen molar-refractivity contribution in [3.05, 3.63) is 212 Å². The minimum atomic E-state index is -0.246. The number of benzene rings is 9. The molecule has 0 aliphatic carbocycles. The minimum absolute atomic E-state index is 0.0524. The van der Waals surface area contributed by atoms with Crippen molar-refractivity contribution in [3.8, 4) is 40.0 Å². The van der Waals surface area contributed by atoms with Crippen LogP contribution in [-0.4, -0.2) is 18.0 Å². The van der Waals surface area contributed by atoms with Crippen LogP contribution >= 0.6 is 0 Å². The number of fused-ring (bicyclic) bond motifs is 11. The zero-order valence-electron chi connectivity index (χ0n) is 38.9. The van der Waals surface area contributed by atoms with E-state index in [1.807, 2.05) is 0 Å². The fourth-order valence-corrected chi connectivity index (χ4v) is 12.1. The van der Waals surface area contributed by atoms with Gasteiger partial charge in [0.1, 0.15) is 28.8 Å². The molecule has 0 fully saturated rings. The Morgan fingerprint density at radius 3 is 1.51 bits per heavy atom. The number of ether oxygens (including phenoxy) is 2. The average Bonchev–Trinajstić information content (AvgIpc) is 3.97. The molecule has 4 aliphatic heterocycles. The molecule has 0 N–H and O–H groups in total. The first-order chi connectivity index (χ1) is 34.4. The van der Waals surface area contributed by atoms with Crippen molar-refractivity contribution in [3.63, 3.8) is 0 Å². The fraction of sp³-hybridized carbons (Fsp3) is 0.0645. The predicted octanol–water partition coefficient (Wildman–Crippen LogP) is 12.2. The third-order valence-electron chi connectivity index (χ3n) is 15.0. The molecular weight excluding hydrogens is 856 g/mol.